The topological polar surface area (TPSA) is 29.9 Å². The highest BCUT2D eigenvalue weighted by molar-refractivity contribution is 9.10. The van der Waals surface area contributed by atoms with Gasteiger partial charge in [0, 0.05) is 34.7 Å². The van der Waals surface area contributed by atoms with E-state index in [9.17, 15) is 13.2 Å². The molecule has 0 saturated carbocycles. The van der Waals surface area contributed by atoms with Gasteiger partial charge < -0.3 is 5.32 Å². The summed E-state index contributed by atoms with van der Waals surface area (Å²) in [5, 5.41) is 6.73. The van der Waals surface area contributed by atoms with Crippen molar-refractivity contribution in [1.29, 1.82) is 0 Å². The van der Waals surface area contributed by atoms with Gasteiger partial charge in [0.25, 0.3) is 0 Å². The zero-order valence-electron chi connectivity index (χ0n) is 10.3. The predicted octanol–water partition coefficient (Wildman–Crippen LogP) is 4.38. The zero-order chi connectivity index (χ0) is 14.8. The molecule has 106 valence electrons. The Labute approximate surface area is 122 Å². The summed E-state index contributed by atoms with van der Waals surface area (Å²) in [4.78, 5) is 0. The Morgan fingerprint density at radius 2 is 2.15 bits per heavy atom. The van der Waals surface area contributed by atoms with Crippen molar-refractivity contribution in [2.45, 2.75) is 12.7 Å². The third-order valence-electron chi connectivity index (χ3n) is 2.61. The Hall–Kier alpha value is -1.76. The highest BCUT2D eigenvalue weighted by Crippen LogP contribution is 2.36. The molecule has 0 saturated heterocycles. The average Bonchev–Trinajstić information content (AvgIpc) is 2.84. The second-order valence-electron chi connectivity index (χ2n) is 4.05. The number of aromatic nitrogens is 2. The van der Waals surface area contributed by atoms with Crippen LogP contribution >= 0.6 is 15.9 Å². The molecule has 0 aliphatic carbocycles. The van der Waals surface area contributed by atoms with Crippen LogP contribution in [0.2, 0.25) is 0 Å². The van der Waals surface area contributed by atoms with Crippen molar-refractivity contribution >= 4 is 27.8 Å². The summed E-state index contributed by atoms with van der Waals surface area (Å²) in [6, 6.07) is 4.01. The molecule has 0 bridgehead atoms. The van der Waals surface area contributed by atoms with E-state index in [-0.39, 0.29) is 12.2 Å². The molecule has 0 atom stereocenters. The molecule has 0 spiro atoms. The molecule has 0 radical (unpaired) electrons. The molecule has 0 unspecified atom stereocenters. The van der Waals surface area contributed by atoms with Gasteiger partial charge in [0.05, 0.1) is 11.8 Å². The van der Waals surface area contributed by atoms with Crippen molar-refractivity contribution in [2.24, 2.45) is 0 Å². The minimum atomic E-state index is -4.41. The Balaban J connectivity index is 2.19. The third-order valence-corrected chi connectivity index (χ3v) is 3.11. The number of nitrogens with one attached hydrogen (secondary N) is 1. The summed E-state index contributed by atoms with van der Waals surface area (Å²) in [6.07, 6.45) is 0.356. The first kappa shape index (κ1) is 14.6. The van der Waals surface area contributed by atoms with Crippen LogP contribution in [0.5, 0.6) is 0 Å². The number of hydrogen-bond acceptors (Lipinski definition) is 2. The Kier molecular flexibility index (Phi) is 4.17. The summed E-state index contributed by atoms with van der Waals surface area (Å²) < 4.78 is 40.6. The first-order valence-corrected chi connectivity index (χ1v) is 6.45. The lowest BCUT2D eigenvalue weighted by Gasteiger charge is -2.14. The number of nitrogens with zero attached hydrogens (tertiary/aromatic N) is 2. The van der Waals surface area contributed by atoms with Crippen LogP contribution in [0.15, 0.2) is 41.6 Å². The van der Waals surface area contributed by atoms with Gasteiger partial charge in [0.15, 0.2) is 0 Å². The van der Waals surface area contributed by atoms with Gasteiger partial charge in [-0.15, -0.1) is 0 Å². The molecule has 20 heavy (non-hydrogen) atoms. The standard InChI is InChI=1S/C13H11BrF3N3/c1-2-20-8-9(7-19-20)6-18-12-4-3-10(14)5-11(12)13(15,16)17/h2-5,7-8,18H,1,6H2. The predicted molar refractivity (Wildman–Crippen MR) is 75.1 cm³/mol. The van der Waals surface area contributed by atoms with Crippen LogP contribution in [0.4, 0.5) is 18.9 Å². The van der Waals surface area contributed by atoms with Crippen LogP contribution in [-0.4, -0.2) is 9.78 Å². The third kappa shape index (κ3) is 3.41. The summed E-state index contributed by atoms with van der Waals surface area (Å²) >= 11 is 3.05. The summed E-state index contributed by atoms with van der Waals surface area (Å²) in [5.41, 5.74) is 0.0935. The second kappa shape index (κ2) is 5.70. The van der Waals surface area contributed by atoms with E-state index in [1.54, 1.807) is 18.5 Å². The number of alkyl halides is 3. The summed E-state index contributed by atoms with van der Waals surface area (Å²) in [5.74, 6) is 0. The molecule has 2 aromatic rings. The molecule has 1 heterocycles. The van der Waals surface area contributed by atoms with Crippen LogP contribution in [0.3, 0.4) is 0 Å². The van der Waals surface area contributed by atoms with Crippen molar-refractivity contribution in [3.63, 3.8) is 0 Å². The second-order valence-corrected chi connectivity index (χ2v) is 4.97. The largest absolute Gasteiger partial charge is 0.418 e. The summed E-state index contributed by atoms with van der Waals surface area (Å²) in [7, 11) is 0. The van der Waals surface area contributed by atoms with Crippen LogP contribution in [-0.2, 0) is 12.7 Å². The lowest BCUT2D eigenvalue weighted by atomic mass is 10.1. The number of benzene rings is 1. The fourth-order valence-corrected chi connectivity index (χ4v) is 2.03. The van der Waals surface area contributed by atoms with Crippen LogP contribution in [0.1, 0.15) is 11.1 Å². The van der Waals surface area contributed by atoms with Crippen LogP contribution in [0, 0.1) is 0 Å². The maximum absolute atomic E-state index is 12.9. The Morgan fingerprint density at radius 3 is 2.75 bits per heavy atom. The first-order chi connectivity index (χ1) is 9.40. The molecule has 0 fully saturated rings. The minimum Gasteiger partial charge on any atom is -0.380 e. The Morgan fingerprint density at radius 1 is 1.40 bits per heavy atom. The van der Waals surface area contributed by atoms with Crippen molar-refractivity contribution in [3.05, 3.63) is 52.8 Å². The maximum Gasteiger partial charge on any atom is 0.418 e. The maximum atomic E-state index is 12.9. The number of anilines is 1. The molecule has 1 aromatic heterocycles. The van der Waals surface area contributed by atoms with Crippen molar-refractivity contribution < 1.29 is 13.2 Å². The lowest BCUT2D eigenvalue weighted by molar-refractivity contribution is -0.137. The van der Waals surface area contributed by atoms with Gasteiger partial charge in [-0.05, 0) is 18.2 Å². The normalized spacial score (nSPS) is 11.4. The van der Waals surface area contributed by atoms with Gasteiger partial charge in [-0.1, -0.05) is 22.5 Å². The van der Waals surface area contributed by atoms with E-state index >= 15 is 0 Å². The molecule has 7 heteroatoms. The fourth-order valence-electron chi connectivity index (χ4n) is 1.67. The summed E-state index contributed by atoms with van der Waals surface area (Å²) in [6.45, 7) is 3.79. The molecule has 0 aliphatic rings. The van der Waals surface area contributed by atoms with E-state index in [1.807, 2.05) is 0 Å². The van der Waals surface area contributed by atoms with E-state index in [2.05, 4.69) is 32.9 Å². The molecular formula is C13H11BrF3N3. The van der Waals surface area contributed by atoms with Crippen molar-refractivity contribution in [1.82, 2.24) is 9.78 Å². The fraction of sp³-hybridized carbons (Fsp3) is 0.154. The molecule has 0 amide bonds. The van der Waals surface area contributed by atoms with Crippen LogP contribution < -0.4 is 5.32 Å². The SMILES string of the molecule is C=Cn1cc(CNc2ccc(Br)cc2C(F)(F)F)cn1. The highest BCUT2D eigenvalue weighted by Gasteiger charge is 2.33. The van der Waals surface area contributed by atoms with Gasteiger partial charge in [0.2, 0.25) is 0 Å². The van der Waals surface area contributed by atoms with E-state index in [0.29, 0.717) is 4.47 Å². The van der Waals surface area contributed by atoms with Gasteiger partial charge in [-0.3, -0.25) is 0 Å². The molecule has 1 N–H and O–H groups in total. The molecule has 0 aliphatic heterocycles. The molecule has 2 rings (SSSR count). The van der Waals surface area contributed by atoms with Gasteiger partial charge in [-0.25, -0.2) is 4.68 Å². The van der Waals surface area contributed by atoms with Crippen LogP contribution in [0.25, 0.3) is 6.20 Å². The number of rotatable bonds is 4. The van der Waals surface area contributed by atoms with Gasteiger partial charge in [-0.2, -0.15) is 18.3 Å². The van der Waals surface area contributed by atoms with E-state index < -0.39 is 11.7 Å². The molecule has 1 aromatic carbocycles. The first-order valence-electron chi connectivity index (χ1n) is 5.66. The van der Waals surface area contributed by atoms with Crippen molar-refractivity contribution in [3.8, 4) is 0 Å². The number of halogens is 4. The minimum absolute atomic E-state index is 0.0343. The van der Waals surface area contributed by atoms with E-state index in [1.165, 1.54) is 16.9 Å². The van der Waals surface area contributed by atoms with E-state index in [4.69, 9.17) is 0 Å². The van der Waals surface area contributed by atoms with Gasteiger partial charge in [0.1, 0.15) is 0 Å². The average molecular weight is 346 g/mol. The quantitative estimate of drug-likeness (QED) is 0.891. The zero-order valence-corrected chi connectivity index (χ0v) is 11.9. The smallest absolute Gasteiger partial charge is 0.380 e. The van der Waals surface area contributed by atoms with Gasteiger partial charge >= 0.3 is 6.18 Å². The molecular weight excluding hydrogens is 335 g/mol. The van der Waals surface area contributed by atoms with Crippen molar-refractivity contribution in [2.75, 3.05) is 5.32 Å². The van der Waals surface area contributed by atoms with E-state index in [0.717, 1.165) is 11.6 Å². The molecule has 3 nitrogen and oxygen atoms in total. The number of hydrogen-bond donors (Lipinski definition) is 1. The lowest BCUT2D eigenvalue weighted by Crippen LogP contribution is -2.10. The highest BCUT2D eigenvalue weighted by atomic mass is 79.9. The monoisotopic (exact) mass is 345 g/mol. The Bertz CT molecular complexity index is 620.